The lowest BCUT2D eigenvalue weighted by molar-refractivity contribution is -0.383. The number of non-ortho nitro benzene ring substituents is 1. The first-order valence-electron chi connectivity index (χ1n) is 14.3. The summed E-state index contributed by atoms with van der Waals surface area (Å²) in [5.41, 5.74) is 0.213. The number of fused-ring (bicyclic) bond motifs is 3. The van der Waals surface area contributed by atoms with E-state index in [0.29, 0.717) is 38.1 Å². The lowest BCUT2D eigenvalue weighted by Gasteiger charge is -2.38. The number of aromatic amines is 1. The Hall–Kier alpha value is -4.77. The molecule has 8 rings (SSSR count). The van der Waals surface area contributed by atoms with E-state index in [0.717, 1.165) is 5.39 Å². The highest BCUT2D eigenvalue weighted by Gasteiger charge is 2.43. The number of rotatable bonds is 5. The lowest BCUT2D eigenvalue weighted by atomic mass is 9.77. The van der Waals surface area contributed by atoms with E-state index < -0.39 is 59.9 Å². The van der Waals surface area contributed by atoms with Crippen LogP contribution in [-0.4, -0.2) is 81.0 Å². The molecular weight excluding hydrogens is 588 g/mol. The van der Waals surface area contributed by atoms with Gasteiger partial charge < -0.3 is 35.6 Å². The van der Waals surface area contributed by atoms with Crippen molar-refractivity contribution in [3.05, 3.63) is 80.4 Å². The summed E-state index contributed by atoms with van der Waals surface area (Å²) in [6.07, 6.45) is -5.65. The molecule has 0 spiro atoms. The van der Waals surface area contributed by atoms with Gasteiger partial charge in [-0.25, -0.2) is 4.98 Å². The Balaban J connectivity index is 1.30. The van der Waals surface area contributed by atoms with E-state index in [2.05, 4.69) is 20.3 Å². The third-order valence-corrected chi connectivity index (χ3v) is 9.09. The van der Waals surface area contributed by atoms with Gasteiger partial charge in [-0.1, -0.05) is 18.2 Å². The highest BCUT2D eigenvalue weighted by atomic mass is 16.6. The number of H-pyrrole nitrogens is 1. The Labute approximate surface area is 251 Å². The van der Waals surface area contributed by atoms with Crippen molar-refractivity contribution in [3.8, 4) is 0 Å². The number of nitro benzene ring substituents is 1. The van der Waals surface area contributed by atoms with Gasteiger partial charge in [-0.2, -0.15) is 4.98 Å². The largest absolute Gasteiger partial charge is 0.394 e. The molecular formula is C30H26N6O9. The predicted octanol–water partition coefficient (Wildman–Crippen LogP) is 1.49. The zero-order valence-corrected chi connectivity index (χ0v) is 23.2. The average molecular weight is 615 g/mol. The maximum Gasteiger partial charge on any atom is 0.280 e. The number of imidazole rings is 1. The van der Waals surface area contributed by atoms with Crippen molar-refractivity contribution < 1.29 is 35.2 Å². The fourth-order valence-corrected chi connectivity index (χ4v) is 6.95. The second kappa shape index (κ2) is 9.87. The van der Waals surface area contributed by atoms with Crippen molar-refractivity contribution in [3.63, 3.8) is 0 Å². The molecule has 6 aromatic rings. The number of benzene rings is 4. The molecule has 230 valence electrons. The molecule has 7 atom stereocenters. The van der Waals surface area contributed by atoms with Crippen LogP contribution in [0.5, 0.6) is 0 Å². The molecule has 1 saturated heterocycles. The Morgan fingerprint density at radius 2 is 1.78 bits per heavy atom. The number of nitrogens with one attached hydrogen (secondary N) is 2. The molecule has 15 nitrogen and oxygen atoms in total. The van der Waals surface area contributed by atoms with Crippen LogP contribution < -0.4 is 10.9 Å². The van der Waals surface area contributed by atoms with Gasteiger partial charge in [-0.15, -0.1) is 0 Å². The van der Waals surface area contributed by atoms with Crippen LogP contribution in [0, 0.1) is 10.1 Å². The fraction of sp³-hybridized carbons (Fsp3) is 0.300. The molecule has 0 unspecified atom stereocenters. The Morgan fingerprint density at radius 3 is 2.53 bits per heavy atom. The van der Waals surface area contributed by atoms with Gasteiger partial charge >= 0.3 is 0 Å². The van der Waals surface area contributed by atoms with Gasteiger partial charge in [0.25, 0.3) is 11.2 Å². The van der Waals surface area contributed by atoms with Gasteiger partial charge in [0.2, 0.25) is 5.95 Å². The highest BCUT2D eigenvalue weighted by molar-refractivity contribution is 6.25. The number of anilines is 1. The molecule has 2 aromatic heterocycles. The van der Waals surface area contributed by atoms with Crippen LogP contribution in [0.2, 0.25) is 0 Å². The number of hydrogen-bond donors (Lipinski definition) is 7. The van der Waals surface area contributed by atoms with Gasteiger partial charge in [0, 0.05) is 17.9 Å². The second-order valence-electron chi connectivity index (χ2n) is 11.5. The Morgan fingerprint density at radius 1 is 1.04 bits per heavy atom. The van der Waals surface area contributed by atoms with E-state index in [9.17, 15) is 40.4 Å². The van der Waals surface area contributed by atoms with Crippen LogP contribution in [0.1, 0.15) is 35.9 Å². The number of nitrogens with zero attached hydrogens (tertiary/aromatic N) is 4. The molecule has 0 amide bonds. The first-order valence-corrected chi connectivity index (χ1v) is 14.3. The zero-order chi connectivity index (χ0) is 31.3. The zero-order valence-electron chi connectivity index (χ0n) is 23.2. The predicted molar refractivity (Wildman–Crippen MR) is 160 cm³/mol. The average Bonchev–Trinajstić information content (AvgIpc) is 3.63. The summed E-state index contributed by atoms with van der Waals surface area (Å²) in [6.45, 7) is -0.395. The molecule has 45 heavy (non-hydrogen) atoms. The first kappa shape index (κ1) is 27.8. The standard InChI is InChI=1S/C30H26N6O9/c37-9-18-17(38)8-19(45-18)35-10-31-24-28(35)33-30(34-29(24)42)32-23-22-14-5-1-11-3-6-16(36(43)44)13-4-2-12(21(14)20(11)13)7-15(22)25(39)27(41)26(23)40/h1-7,10,17-19,23,25-27,37-41H,8-9H2,(H2,32,33,34,42)/t17-,18+,19+,23+,25-,26-,27+/m0/s1. The van der Waals surface area contributed by atoms with Crippen molar-refractivity contribution in [2.45, 2.75) is 49.2 Å². The molecule has 7 N–H and O–H groups in total. The molecule has 0 saturated carbocycles. The number of aromatic nitrogens is 4. The van der Waals surface area contributed by atoms with Crippen molar-refractivity contribution in [2.75, 3.05) is 11.9 Å². The van der Waals surface area contributed by atoms with Crippen LogP contribution in [0.25, 0.3) is 43.5 Å². The van der Waals surface area contributed by atoms with E-state index in [1.165, 1.54) is 17.0 Å². The highest BCUT2D eigenvalue weighted by Crippen LogP contribution is 2.47. The summed E-state index contributed by atoms with van der Waals surface area (Å²) in [4.78, 5) is 35.8. The molecule has 2 aliphatic rings. The van der Waals surface area contributed by atoms with Crippen molar-refractivity contribution in [1.29, 1.82) is 0 Å². The lowest BCUT2D eigenvalue weighted by Crippen LogP contribution is -2.44. The maximum atomic E-state index is 13.1. The molecule has 0 bridgehead atoms. The number of aliphatic hydroxyl groups is 5. The van der Waals surface area contributed by atoms with Crippen molar-refractivity contribution >= 4 is 55.1 Å². The summed E-state index contributed by atoms with van der Waals surface area (Å²) < 4.78 is 7.20. The molecule has 1 fully saturated rings. The first-order chi connectivity index (χ1) is 21.7. The number of ether oxygens (including phenoxy) is 1. The summed E-state index contributed by atoms with van der Waals surface area (Å²) >= 11 is 0. The SMILES string of the molecule is O=c1[nH]c(N[C@@H]2c3c(cc4ccc5c([N+](=O)[O-])ccc6ccc3c4c65)[C@H](O)[C@@H](O)[C@H]2O)nc2c1ncn2[C@H]1C[C@H](O)[C@@H](CO)O1. The van der Waals surface area contributed by atoms with Crippen LogP contribution in [0.4, 0.5) is 11.6 Å². The maximum absolute atomic E-state index is 13.1. The Bertz CT molecular complexity index is 2220. The molecule has 15 heteroatoms. The third-order valence-electron chi connectivity index (χ3n) is 9.09. The molecule has 0 radical (unpaired) electrons. The van der Waals surface area contributed by atoms with E-state index in [-0.39, 0.29) is 29.2 Å². The fourth-order valence-electron chi connectivity index (χ4n) is 6.95. The van der Waals surface area contributed by atoms with Crippen LogP contribution in [0.15, 0.2) is 53.6 Å². The van der Waals surface area contributed by atoms with Gasteiger partial charge in [0.1, 0.15) is 30.6 Å². The molecule has 4 aromatic carbocycles. The second-order valence-corrected chi connectivity index (χ2v) is 11.5. The van der Waals surface area contributed by atoms with Gasteiger partial charge in [-0.05, 0) is 50.9 Å². The van der Waals surface area contributed by atoms with Gasteiger partial charge in [0.05, 0.1) is 35.4 Å². The number of aliphatic hydroxyl groups excluding tert-OH is 5. The van der Waals surface area contributed by atoms with E-state index in [4.69, 9.17) is 4.74 Å². The van der Waals surface area contributed by atoms with Crippen LogP contribution >= 0.6 is 0 Å². The number of nitro groups is 1. The van der Waals surface area contributed by atoms with E-state index >= 15 is 0 Å². The summed E-state index contributed by atoms with van der Waals surface area (Å²) in [5.74, 6) is -0.0774. The topological polar surface area (TPSA) is 229 Å². The van der Waals surface area contributed by atoms with Gasteiger partial charge in [0.15, 0.2) is 11.2 Å². The van der Waals surface area contributed by atoms with Crippen LogP contribution in [0.3, 0.4) is 0 Å². The van der Waals surface area contributed by atoms with E-state index in [1.54, 1.807) is 36.4 Å². The summed E-state index contributed by atoms with van der Waals surface area (Å²) in [6, 6.07) is 10.7. The molecule has 1 aliphatic heterocycles. The Kier molecular flexibility index (Phi) is 6.09. The number of hydrogen-bond acceptors (Lipinski definition) is 12. The van der Waals surface area contributed by atoms with E-state index in [1.807, 2.05) is 0 Å². The van der Waals surface area contributed by atoms with Gasteiger partial charge in [-0.3, -0.25) is 24.5 Å². The summed E-state index contributed by atoms with van der Waals surface area (Å²) in [5, 5.41) is 71.7. The van der Waals surface area contributed by atoms with Crippen molar-refractivity contribution in [2.24, 2.45) is 0 Å². The minimum atomic E-state index is -1.60. The molecule has 1 aliphatic carbocycles. The quantitative estimate of drug-likeness (QED) is 0.0832. The van der Waals surface area contributed by atoms with Crippen LogP contribution in [-0.2, 0) is 4.74 Å². The third kappa shape index (κ3) is 3.96. The smallest absolute Gasteiger partial charge is 0.280 e. The minimum Gasteiger partial charge on any atom is -0.394 e. The van der Waals surface area contributed by atoms with Crippen molar-refractivity contribution in [1.82, 2.24) is 19.5 Å². The minimum absolute atomic E-state index is 0.00393. The monoisotopic (exact) mass is 614 g/mol. The summed E-state index contributed by atoms with van der Waals surface area (Å²) in [7, 11) is 0. The normalized spacial score (nSPS) is 26.7. The molecule has 3 heterocycles.